The molecule has 3 N–H and O–H groups in total. The molecule has 4 rings (SSSR count). The van der Waals surface area contributed by atoms with E-state index >= 15 is 0 Å². The number of nitrogen functional groups attached to an aromatic ring is 1. The second-order valence-electron chi connectivity index (χ2n) is 5.77. The zero-order valence-corrected chi connectivity index (χ0v) is 12.5. The number of pyridine rings is 1. The molecule has 23 heavy (non-hydrogen) atoms. The van der Waals surface area contributed by atoms with Crippen LogP contribution in [0.3, 0.4) is 0 Å². The summed E-state index contributed by atoms with van der Waals surface area (Å²) in [6, 6.07) is 8.37. The number of aliphatic hydroxyl groups is 1. The highest BCUT2D eigenvalue weighted by Crippen LogP contribution is 2.37. The van der Waals surface area contributed by atoms with Crippen LogP contribution in [0.4, 0.5) is 10.2 Å². The molecule has 6 heteroatoms. The quantitative estimate of drug-likeness (QED) is 0.762. The predicted molar refractivity (Wildman–Crippen MR) is 83.8 cm³/mol. The summed E-state index contributed by atoms with van der Waals surface area (Å²) >= 11 is 0. The third kappa shape index (κ3) is 2.06. The van der Waals surface area contributed by atoms with Crippen LogP contribution in [0.25, 0.3) is 5.65 Å². The molecule has 1 aliphatic rings. The maximum absolute atomic E-state index is 13.9. The van der Waals surface area contributed by atoms with Gasteiger partial charge in [-0.05, 0) is 30.7 Å². The first-order valence-corrected chi connectivity index (χ1v) is 7.41. The number of rotatable bonds is 2. The molecule has 2 heterocycles. The monoisotopic (exact) mass is 313 g/mol. The van der Waals surface area contributed by atoms with Crippen molar-refractivity contribution < 1.29 is 14.2 Å². The highest BCUT2D eigenvalue weighted by Gasteiger charge is 2.35. The van der Waals surface area contributed by atoms with Crippen molar-refractivity contribution in [2.75, 3.05) is 5.73 Å². The van der Waals surface area contributed by atoms with Crippen LogP contribution in [0.15, 0.2) is 36.5 Å². The fraction of sp³-hybridized carbons (Fsp3) is 0.235. The first-order chi connectivity index (χ1) is 11.1. The fourth-order valence-corrected chi connectivity index (χ4v) is 3.13. The molecule has 2 unspecified atom stereocenters. The summed E-state index contributed by atoms with van der Waals surface area (Å²) in [6.45, 7) is 1.82. The van der Waals surface area contributed by atoms with E-state index in [1.165, 1.54) is 6.07 Å². The lowest BCUT2D eigenvalue weighted by Crippen LogP contribution is -2.19. The van der Waals surface area contributed by atoms with Gasteiger partial charge in [0.2, 0.25) is 0 Å². The van der Waals surface area contributed by atoms with Crippen LogP contribution in [0, 0.1) is 12.7 Å². The number of hydrogen-bond donors (Lipinski definition) is 2. The van der Waals surface area contributed by atoms with Gasteiger partial charge < -0.3 is 15.6 Å². The third-order valence-electron chi connectivity index (χ3n) is 4.31. The van der Waals surface area contributed by atoms with E-state index in [1.54, 1.807) is 34.9 Å². The topological polar surface area (TPSA) is 72.8 Å². The lowest BCUT2D eigenvalue weighted by atomic mass is 10.1. The number of halogens is 1. The van der Waals surface area contributed by atoms with Crippen LogP contribution in [-0.4, -0.2) is 20.6 Å². The molecule has 1 aromatic carbocycles. The summed E-state index contributed by atoms with van der Waals surface area (Å²) in [5.74, 6) is 0.740. The molecule has 1 aliphatic carbocycles. The first-order valence-electron chi connectivity index (χ1n) is 7.41. The number of nitrogens with two attached hydrogens (primary N) is 1. The van der Waals surface area contributed by atoms with E-state index in [4.69, 9.17) is 10.5 Å². The minimum atomic E-state index is -0.796. The summed E-state index contributed by atoms with van der Waals surface area (Å²) in [4.78, 5) is 4.41. The second-order valence-corrected chi connectivity index (χ2v) is 5.77. The largest absolute Gasteiger partial charge is 0.479 e. The minimum absolute atomic E-state index is 0.241. The minimum Gasteiger partial charge on any atom is -0.479 e. The summed E-state index contributed by atoms with van der Waals surface area (Å²) < 4.78 is 21.6. The van der Waals surface area contributed by atoms with E-state index in [1.807, 2.05) is 6.92 Å². The number of anilines is 1. The standard InChI is InChI=1S/C17H16FN3O2/c1-9-16(19)21-7-3-6-14(17(21)20-9)23-15-10-4-2-5-12(18)11(10)8-13(15)22/h2-7,13,15,22H,8,19H2,1H3. The van der Waals surface area contributed by atoms with Crippen LogP contribution in [-0.2, 0) is 6.42 Å². The SMILES string of the molecule is Cc1nc2c(OC3c4cccc(F)c4CC3O)cccn2c1N. The normalized spacial score (nSPS) is 20.0. The maximum Gasteiger partial charge on any atom is 0.181 e. The lowest BCUT2D eigenvalue weighted by molar-refractivity contribution is 0.0501. The Labute approximate surface area is 132 Å². The molecule has 0 spiro atoms. The number of ether oxygens (including phenoxy) is 1. The van der Waals surface area contributed by atoms with Crippen LogP contribution >= 0.6 is 0 Å². The predicted octanol–water partition coefficient (Wildman–Crippen LogP) is 2.40. The molecule has 0 amide bonds. The third-order valence-corrected chi connectivity index (χ3v) is 4.31. The van der Waals surface area contributed by atoms with Gasteiger partial charge in [-0.2, -0.15) is 0 Å². The maximum atomic E-state index is 13.9. The van der Waals surface area contributed by atoms with Gasteiger partial charge in [0.05, 0.1) is 11.8 Å². The molecule has 0 radical (unpaired) electrons. The molecule has 3 aromatic rings. The number of aromatic nitrogens is 2. The Morgan fingerprint density at radius 3 is 3.00 bits per heavy atom. The van der Waals surface area contributed by atoms with Gasteiger partial charge in [0, 0.05) is 18.2 Å². The summed E-state index contributed by atoms with van der Waals surface area (Å²) in [7, 11) is 0. The van der Waals surface area contributed by atoms with Crippen molar-refractivity contribution in [3.63, 3.8) is 0 Å². The average molecular weight is 313 g/mol. The first kappa shape index (κ1) is 14.0. The van der Waals surface area contributed by atoms with Crippen LogP contribution < -0.4 is 10.5 Å². The Bertz CT molecular complexity index is 906. The number of aryl methyl sites for hydroxylation is 1. The second kappa shape index (κ2) is 4.96. The number of aliphatic hydroxyl groups excluding tert-OH is 1. The molecule has 0 bridgehead atoms. The van der Waals surface area contributed by atoms with Crippen molar-refractivity contribution >= 4 is 11.5 Å². The van der Waals surface area contributed by atoms with Crippen LogP contribution in [0.2, 0.25) is 0 Å². The van der Waals surface area contributed by atoms with Gasteiger partial charge in [-0.25, -0.2) is 9.37 Å². The summed E-state index contributed by atoms with van der Waals surface area (Å²) in [5, 5.41) is 10.3. The van der Waals surface area contributed by atoms with Crippen LogP contribution in [0.1, 0.15) is 22.9 Å². The Balaban J connectivity index is 1.78. The lowest BCUT2D eigenvalue weighted by Gasteiger charge is -2.18. The van der Waals surface area contributed by atoms with Crippen LogP contribution in [0.5, 0.6) is 5.75 Å². The molecular weight excluding hydrogens is 297 g/mol. The zero-order valence-electron chi connectivity index (χ0n) is 12.5. The number of hydrogen-bond acceptors (Lipinski definition) is 4. The van der Waals surface area contributed by atoms with E-state index in [2.05, 4.69) is 4.98 Å². The molecule has 0 saturated heterocycles. The van der Waals surface area contributed by atoms with E-state index in [0.717, 1.165) is 0 Å². The number of fused-ring (bicyclic) bond motifs is 2. The molecular formula is C17H16FN3O2. The van der Waals surface area contributed by atoms with Crippen molar-refractivity contribution in [2.45, 2.75) is 25.6 Å². The molecule has 2 atom stereocenters. The molecule has 0 saturated carbocycles. The van der Waals surface area contributed by atoms with Gasteiger partial charge in [0.15, 0.2) is 17.5 Å². The van der Waals surface area contributed by atoms with Gasteiger partial charge in [-0.15, -0.1) is 0 Å². The van der Waals surface area contributed by atoms with Crippen molar-refractivity contribution in [3.8, 4) is 5.75 Å². The molecule has 0 fully saturated rings. The van der Waals surface area contributed by atoms with Crippen molar-refractivity contribution in [1.82, 2.24) is 9.38 Å². The molecule has 5 nitrogen and oxygen atoms in total. The fourth-order valence-electron chi connectivity index (χ4n) is 3.13. The number of benzene rings is 1. The summed E-state index contributed by atoms with van der Waals surface area (Å²) in [5.41, 5.74) is 8.46. The number of nitrogens with zero attached hydrogens (tertiary/aromatic N) is 2. The van der Waals surface area contributed by atoms with Gasteiger partial charge in [0.1, 0.15) is 11.6 Å². The van der Waals surface area contributed by atoms with E-state index in [9.17, 15) is 9.50 Å². The Morgan fingerprint density at radius 1 is 1.35 bits per heavy atom. The Hall–Kier alpha value is -2.60. The zero-order chi connectivity index (χ0) is 16.1. The average Bonchev–Trinajstić information content (AvgIpc) is 3.00. The van der Waals surface area contributed by atoms with Crippen molar-refractivity contribution in [3.05, 3.63) is 59.2 Å². The molecule has 118 valence electrons. The highest BCUT2D eigenvalue weighted by molar-refractivity contribution is 5.61. The van der Waals surface area contributed by atoms with Gasteiger partial charge in [-0.3, -0.25) is 4.40 Å². The molecule has 2 aromatic heterocycles. The van der Waals surface area contributed by atoms with E-state index < -0.39 is 12.2 Å². The smallest absolute Gasteiger partial charge is 0.181 e. The van der Waals surface area contributed by atoms with Crippen molar-refractivity contribution in [1.29, 1.82) is 0 Å². The van der Waals surface area contributed by atoms with E-state index in [0.29, 0.717) is 34.0 Å². The molecule has 0 aliphatic heterocycles. The van der Waals surface area contributed by atoms with Gasteiger partial charge in [-0.1, -0.05) is 12.1 Å². The van der Waals surface area contributed by atoms with Gasteiger partial charge >= 0.3 is 0 Å². The highest BCUT2D eigenvalue weighted by atomic mass is 19.1. The van der Waals surface area contributed by atoms with E-state index in [-0.39, 0.29) is 12.2 Å². The number of imidazole rings is 1. The van der Waals surface area contributed by atoms with Crippen molar-refractivity contribution in [2.24, 2.45) is 0 Å². The Morgan fingerprint density at radius 2 is 2.17 bits per heavy atom. The summed E-state index contributed by atoms with van der Waals surface area (Å²) in [6.07, 6.45) is 0.627. The Kier molecular flexibility index (Phi) is 3.02. The van der Waals surface area contributed by atoms with Gasteiger partial charge in [0.25, 0.3) is 0 Å².